The van der Waals surface area contributed by atoms with E-state index < -0.39 is 0 Å². The van der Waals surface area contributed by atoms with Gasteiger partial charge in [-0.3, -0.25) is 9.69 Å². The molecule has 0 unspecified atom stereocenters. The predicted octanol–water partition coefficient (Wildman–Crippen LogP) is 3.79. The fraction of sp³-hybridized carbons (Fsp3) is 0.609. The van der Waals surface area contributed by atoms with E-state index in [1.165, 1.54) is 0 Å². The molecule has 3 rings (SSSR count). The largest absolute Gasteiger partial charge is 0.378 e. The molecule has 1 N–H and O–H groups in total. The van der Waals surface area contributed by atoms with E-state index in [2.05, 4.69) is 54.6 Å². The Morgan fingerprint density at radius 2 is 1.75 bits per heavy atom. The number of hydrogen-bond acceptors (Lipinski definition) is 4. The number of ether oxygens (including phenoxy) is 1. The molecule has 1 aromatic carbocycles. The van der Waals surface area contributed by atoms with E-state index in [0.717, 1.165) is 67.2 Å². The van der Waals surface area contributed by atoms with E-state index in [9.17, 15) is 4.79 Å². The molecule has 154 valence electrons. The third-order valence-electron chi connectivity index (χ3n) is 5.30. The molecule has 28 heavy (non-hydrogen) atoms. The Morgan fingerprint density at radius 3 is 2.36 bits per heavy atom. The number of nitrogens with zero attached hydrogens (tertiary/aromatic N) is 2. The smallest absolute Gasteiger partial charge is 0.194 e. The Hall–Kier alpha value is -1.85. The second-order valence-corrected chi connectivity index (χ2v) is 8.87. The number of H-pyrrole nitrogens is 1. The SMILES string of the molecule is Cc1[nH]c2ccc(N3CCOCC3)cc2c(=O)c1CN(CC(C)C)CC(C)C. The van der Waals surface area contributed by atoms with E-state index >= 15 is 0 Å². The van der Waals surface area contributed by atoms with Gasteiger partial charge in [-0.1, -0.05) is 27.7 Å². The summed E-state index contributed by atoms with van der Waals surface area (Å²) in [4.78, 5) is 21.6. The second kappa shape index (κ2) is 9.10. The Morgan fingerprint density at radius 1 is 1.11 bits per heavy atom. The molecule has 0 saturated carbocycles. The van der Waals surface area contributed by atoms with E-state index in [0.29, 0.717) is 18.4 Å². The summed E-state index contributed by atoms with van der Waals surface area (Å²) in [6, 6.07) is 6.20. The van der Waals surface area contributed by atoms with Crippen LogP contribution in [0.25, 0.3) is 10.9 Å². The van der Waals surface area contributed by atoms with Gasteiger partial charge in [0.1, 0.15) is 0 Å². The number of anilines is 1. The third kappa shape index (κ3) is 4.95. The third-order valence-corrected chi connectivity index (χ3v) is 5.30. The molecule has 2 heterocycles. The van der Waals surface area contributed by atoms with Gasteiger partial charge in [0.05, 0.1) is 13.2 Å². The van der Waals surface area contributed by atoms with Gasteiger partial charge in [0.25, 0.3) is 0 Å². The van der Waals surface area contributed by atoms with Crippen LogP contribution >= 0.6 is 0 Å². The number of fused-ring (bicyclic) bond motifs is 1. The first-order valence-corrected chi connectivity index (χ1v) is 10.6. The average molecular weight is 386 g/mol. The van der Waals surface area contributed by atoms with Crippen LogP contribution in [0, 0.1) is 18.8 Å². The van der Waals surface area contributed by atoms with Gasteiger partial charge < -0.3 is 14.6 Å². The van der Waals surface area contributed by atoms with Gasteiger partial charge in [-0.15, -0.1) is 0 Å². The summed E-state index contributed by atoms with van der Waals surface area (Å²) in [7, 11) is 0. The maximum absolute atomic E-state index is 13.4. The van der Waals surface area contributed by atoms with E-state index in [4.69, 9.17) is 4.74 Å². The molecule has 1 aromatic heterocycles. The van der Waals surface area contributed by atoms with Crippen LogP contribution in [0.2, 0.25) is 0 Å². The molecule has 1 fully saturated rings. The van der Waals surface area contributed by atoms with Crippen LogP contribution in [-0.4, -0.2) is 49.3 Å². The highest BCUT2D eigenvalue weighted by Crippen LogP contribution is 2.22. The highest BCUT2D eigenvalue weighted by Gasteiger charge is 2.17. The lowest BCUT2D eigenvalue weighted by atomic mass is 10.1. The highest BCUT2D eigenvalue weighted by molar-refractivity contribution is 5.83. The number of morpholine rings is 1. The molecule has 5 nitrogen and oxygen atoms in total. The standard InChI is InChI=1S/C23H35N3O2/c1-16(2)13-25(14-17(3)4)15-21-18(5)24-22-7-6-19(12-20(22)23(21)27)26-8-10-28-11-9-26/h6-7,12,16-17H,8-11,13-15H2,1-5H3,(H,24,27). The van der Waals surface area contributed by atoms with Gasteiger partial charge in [-0.05, 0) is 37.0 Å². The molecular weight excluding hydrogens is 350 g/mol. The van der Waals surface area contributed by atoms with Gasteiger partial charge >= 0.3 is 0 Å². The van der Waals surface area contributed by atoms with E-state index in [1.54, 1.807) is 0 Å². The minimum atomic E-state index is 0.166. The normalized spacial score (nSPS) is 15.4. The highest BCUT2D eigenvalue weighted by atomic mass is 16.5. The summed E-state index contributed by atoms with van der Waals surface area (Å²) in [6.07, 6.45) is 0. The van der Waals surface area contributed by atoms with Crippen LogP contribution in [0.15, 0.2) is 23.0 Å². The zero-order chi connectivity index (χ0) is 20.3. The van der Waals surface area contributed by atoms with Crippen molar-refractivity contribution in [1.82, 2.24) is 9.88 Å². The van der Waals surface area contributed by atoms with Crippen molar-refractivity contribution in [3.63, 3.8) is 0 Å². The minimum Gasteiger partial charge on any atom is -0.378 e. The number of aryl methyl sites for hydroxylation is 1. The summed E-state index contributed by atoms with van der Waals surface area (Å²) in [5.41, 5.74) is 4.07. The van der Waals surface area contributed by atoms with Crippen molar-refractivity contribution in [2.75, 3.05) is 44.3 Å². The summed E-state index contributed by atoms with van der Waals surface area (Å²) < 4.78 is 5.46. The number of hydrogen-bond donors (Lipinski definition) is 1. The summed E-state index contributed by atoms with van der Waals surface area (Å²) in [5.74, 6) is 1.15. The Labute approximate surface area is 168 Å². The minimum absolute atomic E-state index is 0.166. The van der Waals surface area contributed by atoms with Crippen LogP contribution in [0.1, 0.15) is 39.0 Å². The summed E-state index contributed by atoms with van der Waals surface area (Å²) in [5, 5.41) is 0.790. The molecule has 0 spiro atoms. The first-order valence-electron chi connectivity index (χ1n) is 10.6. The van der Waals surface area contributed by atoms with E-state index in [1.807, 2.05) is 13.0 Å². The average Bonchev–Trinajstić information content (AvgIpc) is 2.64. The Balaban J connectivity index is 1.96. The van der Waals surface area contributed by atoms with E-state index in [-0.39, 0.29) is 5.43 Å². The molecule has 0 aliphatic carbocycles. The number of benzene rings is 1. The van der Waals surface area contributed by atoms with Gasteiger partial charge in [0.15, 0.2) is 5.43 Å². The fourth-order valence-corrected chi connectivity index (χ4v) is 4.11. The quantitative estimate of drug-likeness (QED) is 0.788. The number of aromatic amines is 1. The molecule has 1 aliphatic heterocycles. The molecule has 1 aliphatic rings. The number of aromatic nitrogens is 1. The molecule has 0 amide bonds. The molecule has 0 bridgehead atoms. The van der Waals surface area contributed by atoms with Crippen molar-refractivity contribution in [3.8, 4) is 0 Å². The zero-order valence-electron chi connectivity index (χ0n) is 18.0. The lowest BCUT2D eigenvalue weighted by Gasteiger charge is -2.29. The Kier molecular flexibility index (Phi) is 6.78. The van der Waals surface area contributed by atoms with Crippen molar-refractivity contribution in [2.24, 2.45) is 11.8 Å². The number of pyridine rings is 1. The number of nitrogens with one attached hydrogen (secondary N) is 1. The van der Waals surface area contributed by atoms with Crippen molar-refractivity contribution < 1.29 is 4.74 Å². The van der Waals surface area contributed by atoms with Crippen molar-refractivity contribution >= 4 is 16.6 Å². The topological polar surface area (TPSA) is 48.6 Å². The predicted molar refractivity (Wildman–Crippen MR) is 117 cm³/mol. The summed E-state index contributed by atoms with van der Waals surface area (Å²) in [6.45, 7) is 16.9. The maximum Gasteiger partial charge on any atom is 0.194 e. The lowest BCUT2D eigenvalue weighted by molar-refractivity contribution is 0.122. The first kappa shape index (κ1) is 20.9. The fourth-order valence-electron chi connectivity index (χ4n) is 4.11. The zero-order valence-corrected chi connectivity index (χ0v) is 18.0. The second-order valence-electron chi connectivity index (χ2n) is 8.87. The van der Waals surface area contributed by atoms with Crippen LogP contribution in [0.4, 0.5) is 5.69 Å². The molecule has 0 atom stereocenters. The molecule has 1 saturated heterocycles. The van der Waals surface area contributed by atoms with Crippen molar-refractivity contribution in [1.29, 1.82) is 0 Å². The molecule has 5 heteroatoms. The molecule has 2 aromatic rings. The van der Waals surface area contributed by atoms with Gasteiger partial charge in [-0.2, -0.15) is 0 Å². The summed E-state index contributed by atoms with van der Waals surface area (Å²) >= 11 is 0. The van der Waals surface area contributed by atoms with Gasteiger partial charge in [0, 0.05) is 60.6 Å². The number of rotatable bonds is 7. The Bertz CT molecular complexity index is 841. The first-order chi connectivity index (χ1) is 13.3. The van der Waals surface area contributed by atoms with Gasteiger partial charge in [-0.25, -0.2) is 0 Å². The van der Waals surface area contributed by atoms with Crippen LogP contribution in [0.3, 0.4) is 0 Å². The van der Waals surface area contributed by atoms with Crippen LogP contribution in [0.5, 0.6) is 0 Å². The van der Waals surface area contributed by atoms with Crippen LogP contribution in [-0.2, 0) is 11.3 Å². The van der Waals surface area contributed by atoms with Crippen LogP contribution < -0.4 is 10.3 Å². The van der Waals surface area contributed by atoms with Crippen molar-refractivity contribution in [2.45, 2.75) is 41.2 Å². The maximum atomic E-state index is 13.4. The van der Waals surface area contributed by atoms with Crippen molar-refractivity contribution in [3.05, 3.63) is 39.7 Å². The monoisotopic (exact) mass is 385 g/mol. The molecule has 0 radical (unpaired) electrons. The van der Waals surface area contributed by atoms with Gasteiger partial charge in [0.2, 0.25) is 0 Å². The molecular formula is C23H35N3O2. The lowest BCUT2D eigenvalue weighted by Crippen LogP contribution is -2.36.